The first-order valence-corrected chi connectivity index (χ1v) is 5.54. The molecule has 89 valence electrons. The minimum Gasteiger partial charge on any atom is -0.275 e. The predicted molar refractivity (Wildman–Crippen MR) is 61.3 cm³/mol. The van der Waals surface area contributed by atoms with Crippen molar-refractivity contribution in [3.63, 3.8) is 0 Å². The molecule has 0 aliphatic rings. The molecule has 0 atom stereocenters. The van der Waals surface area contributed by atoms with E-state index in [0.717, 1.165) is 24.3 Å². The van der Waals surface area contributed by atoms with E-state index in [1.165, 1.54) is 25.7 Å². The summed E-state index contributed by atoms with van der Waals surface area (Å²) in [6.45, 7) is 4.35. The zero-order valence-corrected chi connectivity index (χ0v) is 9.37. The molecular weight excluding hydrogens is 192 g/mol. The van der Waals surface area contributed by atoms with Crippen LogP contribution >= 0.6 is 0 Å². The van der Waals surface area contributed by atoms with Gasteiger partial charge in [-0.25, -0.2) is 16.5 Å². The molecule has 0 aromatic carbocycles. The Kier molecular flexibility index (Phi) is 9.21. The van der Waals surface area contributed by atoms with Gasteiger partial charge in [0.1, 0.15) is 0 Å². The number of hydrazine groups is 2. The van der Waals surface area contributed by atoms with Crippen molar-refractivity contribution in [1.82, 2.24) is 10.4 Å². The SMILES string of the molecule is [CH2]CCCCCCCCN(N)C(=O)NN. The van der Waals surface area contributed by atoms with Crippen LogP contribution in [0.5, 0.6) is 0 Å². The van der Waals surface area contributed by atoms with Crippen molar-refractivity contribution in [2.45, 2.75) is 44.9 Å². The summed E-state index contributed by atoms with van der Waals surface area (Å²) in [5.74, 6) is 10.4. The van der Waals surface area contributed by atoms with Crippen LogP contribution < -0.4 is 17.1 Å². The Morgan fingerprint density at radius 3 is 2.20 bits per heavy atom. The molecule has 0 bridgehead atoms. The Bertz CT molecular complexity index is 164. The van der Waals surface area contributed by atoms with E-state index >= 15 is 0 Å². The van der Waals surface area contributed by atoms with Crippen molar-refractivity contribution in [2.75, 3.05) is 6.54 Å². The molecule has 0 aliphatic carbocycles. The molecule has 1 radical (unpaired) electrons. The smallest absolute Gasteiger partial charge is 0.275 e. The molecule has 0 aromatic heterocycles. The number of nitrogens with one attached hydrogen (secondary N) is 1. The highest BCUT2D eigenvalue weighted by Crippen LogP contribution is 2.06. The fraction of sp³-hybridized carbons (Fsp3) is 0.800. The van der Waals surface area contributed by atoms with Crippen LogP contribution in [0.3, 0.4) is 0 Å². The number of amides is 2. The molecular formula is C10H23N4O. The van der Waals surface area contributed by atoms with Gasteiger partial charge >= 0.3 is 6.03 Å². The number of rotatable bonds is 8. The van der Waals surface area contributed by atoms with Crippen molar-refractivity contribution >= 4 is 6.03 Å². The van der Waals surface area contributed by atoms with E-state index in [-0.39, 0.29) is 0 Å². The highest BCUT2D eigenvalue weighted by atomic mass is 16.2. The normalized spacial score (nSPS) is 10.1. The van der Waals surface area contributed by atoms with Crippen LogP contribution in [0.2, 0.25) is 0 Å². The summed E-state index contributed by atoms with van der Waals surface area (Å²) in [6, 6.07) is -0.438. The third-order valence-electron chi connectivity index (χ3n) is 2.28. The number of hydrogen-bond acceptors (Lipinski definition) is 3. The maximum atomic E-state index is 10.9. The highest BCUT2D eigenvalue weighted by molar-refractivity contribution is 5.72. The fourth-order valence-corrected chi connectivity index (χ4v) is 1.35. The Labute approximate surface area is 92.1 Å². The minimum absolute atomic E-state index is 0.438. The van der Waals surface area contributed by atoms with Crippen molar-refractivity contribution in [3.8, 4) is 0 Å². The topological polar surface area (TPSA) is 84.4 Å². The van der Waals surface area contributed by atoms with Crippen LogP contribution in [0.15, 0.2) is 0 Å². The quantitative estimate of drug-likeness (QED) is 0.247. The van der Waals surface area contributed by atoms with Crippen LogP contribution in [0.4, 0.5) is 4.79 Å². The van der Waals surface area contributed by atoms with Gasteiger partial charge in [-0.05, 0) is 6.42 Å². The van der Waals surface area contributed by atoms with Gasteiger partial charge < -0.3 is 0 Å². The Morgan fingerprint density at radius 1 is 1.13 bits per heavy atom. The number of hydrogen-bond donors (Lipinski definition) is 3. The number of urea groups is 1. The summed E-state index contributed by atoms with van der Waals surface area (Å²) in [5, 5.41) is 1.11. The van der Waals surface area contributed by atoms with Crippen LogP contribution in [0.1, 0.15) is 44.9 Å². The van der Waals surface area contributed by atoms with Crippen LogP contribution in [0, 0.1) is 6.92 Å². The van der Waals surface area contributed by atoms with Gasteiger partial charge in [0, 0.05) is 6.54 Å². The average molecular weight is 215 g/mol. The second kappa shape index (κ2) is 9.73. The summed E-state index contributed by atoms with van der Waals surface area (Å²) in [7, 11) is 0. The Hall–Kier alpha value is -0.810. The van der Waals surface area contributed by atoms with E-state index in [4.69, 9.17) is 11.7 Å². The lowest BCUT2D eigenvalue weighted by atomic mass is 10.1. The Morgan fingerprint density at radius 2 is 1.67 bits per heavy atom. The minimum atomic E-state index is -0.438. The van der Waals surface area contributed by atoms with Gasteiger partial charge in [-0.1, -0.05) is 45.4 Å². The average Bonchev–Trinajstić information content (AvgIpc) is 2.26. The third kappa shape index (κ3) is 8.20. The van der Waals surface area contributed by atoms with Gasteiger partial charge in [0.05, 0.1) is 0 Å². The summed E-state index contributed by atoms with van der Waals surface area (Å²) < 4.78 is 0. The summed E-state index contributed by atoms with van der Waals surface area (Å²) in [6.07, 6.45) is 7.93. The molecule has 0 aromatic rings. The largest absolute Gasteiger partial charge is 0.345 e. The first-order valence-electron chi connectivity index (χ1n) is 5.54. The lowest BCUT2D eigenvalue weighted by Crippen LogP contribution is -2.47. The molecule has 0 spiro atoms. The second-order valence-electron chi connectivity index (χ2n) is 3.62. The number of carbonyl (C=O) groups excluding carboxylic acids is 1. The van der Waals surface area contributed by atoms with Gasteiger partial charge in [0.25, 0.3) is 0 Å². The summed E-state index contributed by atoms with van der Waals surface area (Å²) in [4.78, 5) is 10.9. The van der Waals surface area contributed by atoms with E-state index in [1.807, 2.05) is 5.43 Å². The second-order valence-corrected chi connectivity index (χ2v) is 3.62. The number of carbonyl (C=O) groups is 1. The number of nitrogens with two attached hydrogens (primary N) is 2. The molecule has 0 fully saturated rings. The lowest BCUT2D eigenvalue weighted by molar-refractivity contribution is 0.198. The highest BCUT2D eigenvalue weighted by Gasteiger charge is 2.05. The van der Waals surface area contributed by atoms with Gasteiger partial charge in [-0.2, -0.15) is 0 Å². The number of unbranched alkanes of at least 4 members (excludes halogenated alkanes) is 6. The van der Waals surface area contributed by atoms with E-state index in [1.54, 1.807) is 0 Å². The van der Waals surface area contributed by atoms with Gasteiger partial charge in [0.15, 0.2) is 0 Å². The van der Waals surface area contributed by atoms with Crippen LogP contribution in [0.25, 0.3) is 0 Å². The van der Waals surface area contributed by atoms with Gasteiger partial charge in [0.2, 0.25) is 0 Å². The molecule has 0 saturated carbocycles. The molecule has 0 rings (SSSR count). The fourth-order valence-electron chi connectivity index (χ4n) is 1.35. The maximum Gasteiger partial charge on any atom is 0.345 e. The monoisotopic (exact) mass is 215 g/mol. The molecule has 0 saturated heterocycles. The zero-order chi connectivity index (χ0) is 11.5. The van der Waals surface area contributed by atoms with Crippen molar-refractivity contribution < 1.29 is 4.79 Å². The molecule has 0 heterocycles. The van der Waals surface area contributed by atoms with Gasteiger partial charge in [-0.3, -0.25) is 10.4 Å². The van der Waals surface area contributed by atoms with Crippen molar-refractivity contribution in [2.24, 2.45) is 11.7 Å². The lowest BCUT2D eigenvalue weighted by Gasteiger charge is -2.14. The molecule has 2 amide bonds. The van der Waals surface area contributed by atoms with Crippen LogP contribution in [-0.4, -0.2) is 17.6 Å². The maximum absolute atomic E-state index is 10.9. The molecule has 5 heteroatoms. The molecule has 5 nitrogen and oxygen atoms in total. The van der Waals surface area contributed by atoms with Crippen LogP contribution in [-0.2, 0) is 0 Å². The first-order chi connectivity index (χ1) is 7.22. The van der Waals surface area contributed by atoms with Crippen molar-refractivity contribution in [3.05, 3.63) is 6.92 Å². The summed E-state index contributed by atoms with van der Waals surface area (Å²) >= 11 is 0. The number of nitrogens with zero attached hydrogens (tertiary/aromatic N) is 1. The van der Waals surface area contributed by atoms with Crippen molar-refractivity contribution in [1.29, 1.82) is 0 Å². The van der Waals surface area contributed by atoms with Gasteiger partial charge in [-0.15, -0.1) is 0 Å². The first kappa shape index (κ1) is 14.2. The third-order valence-corrected chi connectivity index (χ3v) is 2.28. The van der Waals surface area contributed by atoms with E-state index in [0.29, 0.717) is 6.54 Å². The zero-order valence-electron chi connectivity index (χ0n) is 9.37. The van der Waals surface area contributed by atoms with E-state index < -0.39 is 6.03 Å². The molecule has 15 heavy (non-hydrogen) atoms. The van der Waals surface area contributed by atoms with E-state index in [9.17, 15) is 4.79 Å². The molecule has 5 N–H and O–H groups in total. The summed E-state index contributed by atoms with van der Waals surface area (Å²) in [5.41, 5.74) is 1.99. The Balaban J connectivity index is 3.20. The van der Waals surface area contributed by atoms with E-state index in [2.05, 4.69) is 6.92 Å². The molecule has 0 unspecified atom stereocenters. The predicted octanol–water partition coefficient (Wildman–Crippen LogP) is 1.31. The standard InChI is InChI=1S/C10H23N4O/c1-2-3-4-5-6-7-8-9-14(12)10(15)13-11/h1-9,11-12H2,(H,13,15). The molecule has 0 aliphatic heterocycles.